The average molecular weight is 334 g/mol. The van der Waals surface area contributed by atoms with Crippen molar-refractivity contribution in [3.8, 4) is 5.75 Å². The molecule has 2 aromatic rings. The number of nitrogens with one attached hydrogen (secondary N) is 1. The first kappa shape index (κ1) is 14.8. The van der Waals surface area contributed by atoms with Gasteiger partial charge in [0, 0.05) is 0 Å². The minimum atomic E-state index is -3.82. The van der Waals surface area contributed by atoms with Crippen molar-refractivity contribution in [1.82, 2.24) is 9.97 Å². The van der Waals surface area contributed by atoms with E-state index in [0.29, 0.717) is 5.75 Å². The molecule has 6 nitrogen and oxygen atoms in total. The van der Waals surface area contributed by atoms with Gasteiger partial charge in [-0.15, -0.1) is 0 Å². The van der Waals surface area contributed by atoms with Crippen molar-refractivity contribution in [1.29, 1.82) is 0 Å². The van der Waals surface area contributed by atoms with Gasteiger partial charge in [-0.05, 0) is 24.3 Å². The average Bonchev–Trinajstić information content (AvgIpc) is 2.44. The third-order valence-electron chi connectivity index (χ3n) is 2.35. The predicted molar refractivity (Wildman–Crippen MR) is 75.9 cm³/mol. The highest BCUT2D eigenvalue weighted by Gasteiger charge is 2.18. The summed E-state index contributed by atoms with van der Waals surface area (Å²) in [6.07, 6.45) is 1.11. The van der Waals surface area contributed by atoms with Gasteiger partial charge < -0.3 is 4.74 Å². The minimum absolute atomic E-state index is 0.0332. The van der Waals surface area contributed by atoms with Crippen LogP contribution in [-0.2, 0) is 10.0 Å². The first-order chi connectivity index (χ1) is 9.44. The molecular formula is C11H9Cl2N3O3S. The molecule has 0 aliphatic heterocycles. The maximum atomic E-state index is 12.2. The Labute approximate surface area is 125 Å². The van der Waals surface area contributed by atoms with Crippen molar-refractivity contribution in [2.24, 2.45) is 0 Å². The molecule has 0 amide bonds. The number of anilines is 1. The number of hydrogen-bond donors (Lipinski definition) is 1. The monoisotopic (exact) mass is 333 g/mol. The zero-order valence-corrected chi connectivity index (χ0v) is 12.5. The van der Waals surface area contributed by atoms with Gasteiger partial charge in [-0.3, -0.25) is 4.72 Å². The van der Waals surface area contributed by atoms with Crippen LogP contribution in [0.1, 0.15) is 0 Å². The van der Waals surface area contributed by atoms with Crippen molar-refractivity contribution >= 4 is 39.0 Å². The molecule has 20 heavy (non-hydrogen) atoms. The van der Waals surface area contributed by atoms with Gasteiger partial charge in [0.25, 0.3) is 10.0 Å². The van der Waals surface area contributed by atoms with Crippen molar-refractivity contribution < 1.29 is 13.2 Å². The Bertz CT molecular complexity index is 720. The highest BCUT2D eigenvalue weighted by Crippen LogP contribution is 2.27. The Kier molecular flexibility index (Phi) is 4.32. The third kappa shape index (κ3) is 3.12. The lowest BCUT2D eigenvalue weighted by Gasteiger charge is -2.09. The van der Waals surface area contributed by atoms with E-state index >= 15 is 0 Å². The van der Waals surface area contributed by atoms with Gasteiger partial charge in [0.1, 0.15) is 17.1 Å². The van der Waals surface area contributed by atoms with Crippen LogP contribution in [0.5, 0.6) is 5.75 Å². The van der Waals surface area contributed by atoms with Crippen LogP contribution < -0.4 is 9.46 Å². The van der Waals surface area contributed by atoms with Gasteiger partial charge in [0.05, 0.1) is 12.0 Å². The standard InChI is InChI=1S/C11H9Cl2N3O3S/c1-19-7-2-4-8(5-3-7)20(17,18)16-11-9(12)10(13)14-6-15-11/h2-6H,1H3,(H,14,15,16). The fourth-order valence-electron chi connectivity index (χ4n) is 1.36. The molecule has 0 aliphatic rings. The quantitative estimate of drug-likeness (QED) is 0.869. The normalized spacial score (nSPS) is 11.2. The van der Waals surface area contributed by atoms with E-state index in [1.165, 1.54) is 31.4 Å². The van der Waals surface area contributed by atoms with Crippen LogP contribution in [0.3, 0.4) is 0 Å². The number of aromatic nitrogens is 2. The summed E-state index contributed by atoms with van der Waals surface area (Å²) in [4.78, 5) is 7.42. The van der Waals surface area contributed by atoms with Crippen LogP contribution in [0, 0.1) is 0 Å². The molecule has 1 N–H and O–H groups in total. The van der Waals surface area contributed by atoms with Crippen LogP contribution in [0.2, 0.25) is 10.2 Å². The van der Waals surface area contributed by atoms with E-state index in [2.05, 4.69) is 14.7 Å². The number of rotatable bonds is 4. The first-order valence-corrected chi connectivity index (χ1v) is 7.51. The summed E-state index contributed by atoms with van der Waals surface area (Å²) in [6, 6.07) is 5.86. The number of sulfonamides is 1. The van der Waals surface area contributed by atoms with Crippen molar-refractivity contribution in [2.45, 2.75) is 4.90 Å². The van der Waals surface area contributed by atoms with E-state index in [4.69, 9.17) is 27.9 Å². The minimum Gasteiger partial charge on any atom is -0.497 e. The molecule has 0 spiro atoms. The fraction of sp³-hybridized carbons (Fsp3) is 0.0909. The summed E-state index contributed by atoms with van der Waals surface area (Å²) in [5.74, 6) is 0.467. The maximum Gasteiger partial charge on any atom is 0.263 e. The summed E-state index contributed by atoms with van der Waals surface area (Å²) >= 11 is 11.5. The van der Waals surface area contributed by atoms with E-state index in [1.54, 1.807) is 0 Å². The second-order valence-electron chi connectivity index (χ2n) is 3.61. The lowest BCUT2D eigenvalue weighted by Crippen LogP contribution is -2.14. The summed E-state index contributed by atoms with van der Waals surface area (Å²) < 4.78 is 31.5. The zero-order valence-electron chi connectivity index (χ0n) is 10.2. The molecule has 0 fully saturated rings. The molecule has 0 atom stereocenters. The number of hydrogen-bond acceptors (Lipinski definition) is 5. The fourth-order valence-corrected chi connectivity index (χ4v) is 2.72. The summed E-state index contributed by atoms with van der Waals surface area (Å²) in [5, 5.41) is -0.0969. The van der Waals surface area contributed by atoms with Gasteiger partial charge >= 0.3 is 0 Å². The predicted octanol–water partition coefficient (Wildman–Crippen LogP) is 2.59. The number of benzene rings is 1. The highest BCUT2D eigenvalue weighted by atomic mass is 35.5. The Hall–Kier alpha value is -1.57. The summed E-state index contributed by atoms with van der Waals surface area (Å²) in [7, 11) is -2.33. The molecule has 0 saturated carbocycles. The van der Waals surface area contributed by atoms with Crippen molar-refractivity contribution in [2.75, 3.05) is 11.8 Å². The Morgan fingerprint density at radius 1 is 1.15 bits per heavy atom. The Morgan fingerprint density at radius 3 is 2.40 bits per heavy atom. The molecule has 0 radical (unpaired) electrons. The van der Waals surface area contributed by atoms with Crippen molar-refractivity contribution in [3.05, 3.63) is 40.8 Å². The molecular weight excluding hydrogens is 325 g/mol. The number of halogens is 2. The van der Waals surface area contributed by atoms with Crippen molar-refractivity contribution in [3.63, 3.8) is 0 Å². The second-order valence-corrected chi connectivity index (χ2v) is 6.03. The van der Waals surface area contributed by atoms with Crippen LogP contribution in [0.25, 0.3) is 0 Å². The molecule has 0 aliphatic carbocycles. The molecule has 1 aromatic carbocycles. The Balaban J connectivity index is 2.33. The van der Waals surface area contributed by atoms with E-state index in [0.717, 1.165) is 6.33 Å². The van der Waals surface area contributed by atoms with Crippen LogP contribution in [0.4, 0.5) is 5.82 Å². The maximum absolute atomic E-state index is 12.2. The SMILES string of the molecule is COc1ccc(S(=O)(=O)Nc2ncnc(Cl)c2Cl)cc1. The van der Waals surface area contributed by atoms with E-state index in [1.807, 2.05) is 0 Å². The van der Waals surface area contributed by atoms with Crippen LogP contribution in [-0.4, -0.2) is 25.5 Å². The highest BCUT2D eigenvalue weighted by molar-refractivity contribution is 7.92. The van der Waals surface area contributed by atoms with Gasteiger partial charge in [-0.25, -0.2) is 18.4 Å². The van der Waals surface area contributed by atoms with Gasteiger partial charge in [-0.2, -0.15) is 0 Å². The molecule has 1 aromatic heterocycles. The number of nitrogens with zero attached hydrogens (tertiary/aromatic N) is 2. The van der Waals surface area contributed by atoms with E-state index < -0.39 is 10.0 Å². The van der Waals surface area contributed by atoms with Gasteiger partial charge in [0.2, 0.25) is 0 Å². The molecule has 0 saturated heterocycles. The molecule has 106 valence electrons. The van der Waals surface area contributed by atoms with Gasteiger partial charge in [0.15, 0.2) is 11.0 Å². The topological polar surface area (TPSA) is 81.2 Å². The number of methoxy groups -OCH3 is 1. The number of ether oxygens (including phenoxy) is 1. The molecule has 0 unspecified atom stereocenters. The lowest BCUT2D eigenvalue weighted by molar-refractivity contribution is 0.414. The zero-order chi connectivity index (χ0) is 14.8. The third-order valence-corrected chi connectivity index (χ3v) is 4.44. The van der Waals surface area contributed by atoms with E-state index in [-0.39, 0.29) is 20.9 Å². The second kappa shape index (κ2) is 5.82. The Morgan fingerprint density at radius 2 is 1.80 bits per heavy atom. The van der Waals surface area contributed by atoms with Gasteiger partial charge in [-0.1, -0.05) is 23.2 Å². The van der Waals surface area contributed by atoms with E-state index in [9.17, 15) is 8.42 Å². The van der Waals surface area contributed by atoms with Crippen LogP contribution in [0.15, 0.2) is 35.5 Å². The lowest BCUT2D eigenvalue weighted by atomic mass is 10.3. The molecule has 1 heterocycles. The first-order valence-electron chi connectivity index (χ1n) is 5.27. The summed E-state index contributed by atoms with van der Waals surface area (Å²) in [5.41, 5.74) is 0. The smallest absolute Gasteiger partial charge is 0.263 e. The van der Waals surface area contributed by atoms with Crippen LogP contribution >= 0.6 is 23.2 Å². The largest absolute Gasteiger partial charge is 0.497 e. The molecule has 2 rings (SSSR count). The summed E-state index contributed by atoms with van der Waals surface area (Å²) in [6.45, 7) is 0. The molecule has 9 heteroatoms. The molecule has 0 bridgehead atoms.